The van der Waals surface area contributed by atoms with Crippen molar-refractivity contribution in [2.45, 2.75) is 38.6 Å². The van der Waals surface area contributed by atoms with Crippen molar-refractivity contribution in [3.05, 3.63) is 64.2 Å². The highest BCUT2D eigenvalue weighted by Gasteiger charge is 2.30. The Kier molecular flexibility index (Phi) is 7.57. The summed E-state index contributed by atoms with van der Waals surface area (Å²) in [7, 11) is -3.96. The zero-order valence-electron chi connectivity index (χ0n) is 16.7. The SMILES string of the molecule is Cc1ccc(C)c(C(=O)COC(=O)[C@@H](NS(=O)(=O)c2ccc(Cl)cc2)C(C)C)c1. The van der Waals surface area contributed by atoms with Crippen LogP contribution in [0.1, 0.15) is 35.3 Å². The maximum Gasteiger partial charge on any atom is 0.324 e. The summed E-state index contributed by atoms with van der Waals surface area (Å²) >= 11 is 5.79. The van der Waals surface area contributed by atoms with Crippen LogP contribution in [0, 0.1) is 19.8 Å². The van der Waals surface area contributed by atoms with Gasteiger partial charge in [0.1, 0.15) is 6.04 Å². The van der Waals surface area contributed by atoms with Gasteiger partial charge in [0.15, 0.2) is 6.61 Å². The third kappa shape index (κ3) is 6.13. The molecule has 0 aliphatic heterocycles. The zero-order chi connectivity index (χ0) is 21.8. The van der Waals surface area contributed by atoms with Crippen LogP contribution in [0.2, 0.25) is 5.02 Å². The van der Waals surface area contributed by atoms with E-state index in [0.29, 0.717) is 10.6 Å². The Morgan fingerprint density at radius 3 is 2.28 bits per heavy atom. The Morgan fingerprint density at radius 2 is 1.69 bits per heavy atom. The van der Waals surface area contributed by atoms with Gasteiger partial charge in [-0.05, 0) is 55.7 Å². The number of ether oxygens (including phenoxy) is 1. The number of ketones is 1. The number of carbonyl (C=O) groups is 2. The molecule has 0 spiro atoms. The molecule has 0 amide bonds. The highest BCUT2D eigenvalue weighted by Crippen LogP contribution is 2.17. The summed E-state index contributed by atoms with van der Waals surface area (Å²) in [5, 5.41) is 0.397. The molecule has 0 radical (unpaired) electrons. The van der Waals surface area contributed by atoms with E-state index in [9.17, 15) is 18.0 Å². The maximum absolute atomic E-state index is 12.6. The second-order valence-electron chi connectivity index (χ2n) is 7.15. The molecule has 0 saturated carbocycles. The van der Waals surface area contributed by atoms with Crippen molar-refractivity contribution in [3.63, 3.8) is 0 Å². The minimum atomic E-state index is -3.96. The van der Waals surface area contributed by atoms with Crippen LogP contribution in [0.4, 0.5) is 0 Å². The number of carbonyl (C=O) groups excluding carboxylic acids is 2. The Balaban J connectivity index is 2.10. The fourth-order valence-electron chi connectivity index (χ4n) is 2.65. The first kappa shape index (κ1) is 23.1. The molecule has 0 saturated heterocycles. The van der Waals surface area contributed by atoms with Gasteiger partial charge in [-0.3, -0.25) is 9.59 Å². The lowest BCUT2D eigenvalue weighted by atomic mass is 10.0. The summed E-state index contributed by atoms with van der Waals surface area (Å²) in [5.74, 6) is -1.54. The number of esters is 1. The first-order valence-corrected chi connectivity index (χ1v) is 10.9. The van der Waals surface area contributed by atoms with Gasteiger partial charge in [0.25, 0.3) is 0 Å². The number of rotatable bonds is 8. The number of Topliss-reactive ketones (excluding diaryl/α,β-unsaturated/α-hetero) is 1. The summed E-state index contributed by atoms with van der Waals surface area (Å²) in [6, 6.07) is 9.88. The summed E-state index contributed by atoms with van der Waals surface area (Å²) in [4.78, 5) is 24.9. The van der Waals surface area contributed by atoms with Gasteiger partial charge < -0.3 is 4.74 Å². The van der Waals surface area contributed by atoms with Crippen LogP contribution in [0.15, 0.2) is 47.4 Å². The molecule has 2 aromatic carbocycles. The Bertz CT molecular complexity index is 1000. The molecule has 0 aromatic heterocycles. The predicted molar refractivity (Wildman–Crippen MR) is 112 cm³/mol. The second-order valence-corrected chi connectivity index (χ2v) is 9.30. The smallest absolute Gasteiger partial charge is 0.324 e. The lowest BCUT2D eigenvalue weighted by molar-refractivity contribution is -0.145. The summed E-state index contributed by atoms with van der Waals surface area (Å²) in [5.41, 5.74) is 2.17. The van der Waals surface area contributed by atoms with Crippen LogP contribution in [-0.4, -0.2) is 32.8 Å². The first-order valence-electron chi connectivity index (χ1n) is 9.06. The van der Waals surface area contributed by atoms with E-state index >= 15 is 0 Å². The molecular weight excluding hydrogens is 414 g/mol. The van der Waals surface area contributed by atoms with Crippen molar-refractivity contribution in [3.8, 4) is 0 Å². The standard InChI is InChI=1S/C21H24ClNO5S/c1-13(2)20(23-29(26,27)17-9-7-16(22)8-10-17)21(25)28-12-19(24)18-11-14(3)5-6-15(18)4/h5-11,13,20,23H,12H2,1-4H3/t20-/m0/s1. The van der Waals surface area contributed by atoms with Gasteiger partial charge in [0, 0.05) is 10.6 Å². The van der Waals surface area contributed by atoms with Gasteiger partial charge in [-0.15, -0.1) is 0 Å². The molecule has 0 unspecified atom stereocenters. The minimum Gasteiger partial charge on any atom is -0.456 e. The van der Waals surface area contributed by atoms with E-state index in [1.165, 1.54) is 24.3 Å². The summed E-state index contributed by atoms with van der Waals surface area (Å²) in [6.45, 7) is 6.56. The molecule has 156 valence electrons. The largest absolute Gasteiger partial charge is 0.456 e. The summed E-state index contributed by atoms with van der Waals surface area (Å²) < 4.78 is 32.6. The zero-order valence-corrected chi connectivity index (χ0v) is 18.3. The second kappa shape index (κ2) is 9.52. The van der Waals surface area contributed by atoms with Crippen molar-refractivity contribution >= 4 is 33.4 Å². The van der Waals surface area contributed by atoms with Crippen LogP contribution in [0.5, 0.6) is 0 Å². The van der Waals surface area contributed by atoms with Crippen molar-refractivity contribution in [2.24, 2.45) is 5.92 Å². The van der Waals surface area contributed by atoms with E-state index in [4.69, 9.17) is 16.3 Å². The fourth-order valence-corrected chi connectivity index (χ4v) is 4.10. The molecule has 29 heavy (non-hydrogen) atoms. The predicted octanol–water partition coefficient (Wildman–Crippen LogP) is 3.69. The number of hydrogen-bond donors (Lipinski definition) is 1. The topological polar surface area (TPSA) is 89.5 Å². The molecule has 0 aliphatic rings. The number of halogens is 1. The molecule has 2 rings (SSSR count). The monoisotopic (exact) mass is 437 g/mol. The molecule has 6 nitrogen and oxygen atoms in total. The molecule has 2 aromatic rings. The lowest BCUT2D eigenvalue weighted by Crippen LogP contribution is -2.45. The third-order valence-corrected chi connectivity index (χ3v) is 6.07. The highest BCUT2D eigenvalue weighted by atomic mass is 35.5. The van der Waals surface area contributed by atoms with Crippen molar-refractivity contribution < 1.29 is 22.7 Å². The van der Waals surface area contributed by atoms with E-state index in [1.54, 1.807) is 26.8 Å². The van der Waals surface area contributed by atoms with E-state index < -0.39 is 28.6 Å². The van der Waals surface area contributed by atoms with Crippen LogP contribution in [0.3, 0.4) is 0 Å². The fraction of sp³-hybridized carbons (Fsp3) is 0.333. The lowest BCUT2D eigenvalue weighted by Gasteiger charge is -2.21. The maximum atomic E-state index is 12.6. The molecule has 1 atom stereocenters. The number of hydrogen-bond acceptors (Lipinski definition) is 5. The molecule has 0 fully saturated rings. The first-order chi connectivity index (χ1) is 13.5. The molecule has 0 bridgehead atoms. The average molecular weight is 438 g/mol. The van der Waals surface area contributed by atoms with Gasteiger partial charge in [-0.25, -0.2) is 8.42 Å². The van der Waals surface area contributed by atoms with Crippen LogP contribution >= 0.6 is 11.6 Å². The van der Waals surface area contributed by atoms with Gasteiger partial charge in [-0.2, -0.15) is 4.72 Å². The molecular formula is C21H24ClNO5S. The van der Waals surface area contributed by atoms with Crippen LogP contribution in [-0.2, 0) is 19.6 Å². The Hall–Kier alpha value is -2.22. The molecule has 1 N–H and O–H groups in total. The normalized spacial score (nSPS) is 12.6. The van der Waals surface area contributed by atoms with Crippen molar-refractivity contribution in [2.75, 3.05) is 6.61 Å². The molecule has 0 heterocycles. The number of benzene rings is 2. The quantitative estimate of drug-likeness (QED) is 0.502. The average Bonchev–Trinajstić information content (AvgIpc) is 2.66. The third-order valence-electron chi connectivity index (χ3n) is 4.37. The van der Waals surface area contributed by atoms with Crippen molar-refractivity contribution in [1.82, 2.24) is 4.72 Å². The Labute approximate surface area is 176 Å². The van der Waals surface area contributed by atoms with Crippen LogP contribution < -0.4 is 4.72 Å². The van der Waals surface area contributed by atoms with Crippen molar-refractivity contribution in [1.29, 1.82) is 0 Å². The number of sulfonamides is 1. The van der Waals surface area contributed by atoms with Gasteiger partial charge >= 0.3 is 5.97 Å². The number of aryl methyl sites for hydroxylation is 2. The van der Waals surface area contributed by atoms with Gasteiger partial charge in [-0.1, -0.05) is 43.1 Å². The van der Waals surface area contributed by atoms with E-state index in [2.05, 4.69) is 4.72 Å². The van der Waals surface area contributed by atoms with E-state index in [0.717, 1.165) is 11.1 Å². The van der Waals surface area contributed by atoms with Crippen LogP contribution in [0.25, 0.3) is 0 Å². The van der Waals surface area contributed by atoms with Gasteiger partial charge in [0.2, 0.25) is 15.8 Å². The summed E-state index contributed by atoms with van der Waals surface area (Å²) in [6.07, 6.45) is 0. The molecule has 0 aliphatic carbocycles. The van der Waals surface area contributed by atoms with E-state index in [1.807, 2.05) is 19.1 Å². The number of nitrogens with one attached hydrogen (secondary N) is 1. The highest BCUT2D eigenvalue weighted by molar-refractivity contribution is 7.89. The molecule has 8 heteroatoms. The Morgan fingerprint density at radius 1 is 1.07 bits per heavy atom. The minimum absolute atomic E-state index is 0.0215. The van der Waals surface area contributed by atoms with E-state index in [-0.39, 0.29) is 16.6 Å². The van der Waals surface area contributed by atoms with Gasteiger partial charge in [0.05, 0.1) is 4.90 Å².